The molecule has 0 saturated heterocycles. The highest BCUT2D eigenvalue weighted by Crippen LogP contribution is 2.26. The van der Waals surface area contributed by atoms with Gasteiger partial charge in [-0.2, -0.15) is 0 Å². The normalized spacial score (nSPS) is 10.9. The van der Waals surface area contributed by atoms with Crippen molar-refractivity contribution in [3.05, 3.63) is 101 Å². The summed E-state index contributed by atoms with van der Waals surface area (Å²) in [5.41, 5.74) is 2.49. The number of carbonyl (C=O) groups is 2. The minimum absolute atomic E-state index is 0.0471. The van der Waals surface area contributed by atoms with Crippen LogP contribution in [0, 0.1) is 5.82 Å². The van der Waals surface area contributed by atoms with Crippen molar-refractivity contribution in [2.24, 2.45) is 0 Å². The molecule has 2 amide bonds. The number of rotatable bonds is 7. The summed E-state index contributed by atoms with van der Waals surface area (Å²) in [5.74, 6) is -0.971. The van der Waals surface area contributed by atoms with Gasteiger partial charge < -0.3 is 4.90 Å². The van der Waals surface area contributed by atoms with Gasteiger partial charge in [-0.1, -0.05) is 60.1 Å². The van der Waals surface area contributed by atoms with Gasteiger partial charge in [-0.25, -0.2) is 9.37 Å². The molecule has 0 bridgehead atoms. The molecule has 0 saturated carbocycles. The Kier molecular flexibility index (Phi) is 7.27. The van der Waals surface area contributed by atoms with Gasteiger partial charge in [0, 0.05) is 23.4 Å². The van der Waals surface area contributed by atoms with Gasteiger partial charge in [0.1, 0.15) is 12.4 Å². The number of benzene rings is 3. The van der Waals surface area contributed by atoms with E-state index in [9.17, 15) is 14.0 Å². The largest absolute Gasteiger partial charge is 0.327 e. The van der Waals surface area contributed by atoms with E-state index in [2.05, 4.69) is 10.3 Å². The molecule has 3 aromatic carbocycles. The topological polar surface area (TPSA) is 67.2 Å². The molecule has 1 aromatic heterocycles. The van der Waals surface area contributed by atoms with Crippen molar-refractivity contribution in [2.75, 3.05) is 11.9 Å². The lowest BCUT2D eigenvalue weighted by molar-refractivity contribution is -0.117. The lowest BCUT2D eigenvalue weighted by Crippen LogP contribution is -2.42. The number of aromatic nitrogens is 2. The van der Waals surface area contributed by atoms with Crippen molar-refractivity contribution in [1.82, 2.24) is 14.5 Å². The minimum Gasteiger partial charge on any atom is -0.327 e. The van der Waals surface area contributed by atoms with Crippen LogP contribution in [0.15, 0.2) is 85.1 Å². The second-order valence-corrected chi connectivity index (χ2v) is 8.63. The van der Waals surface area contributed by atoms with E-state index in [1.807, 2.05) is 50.2 Å². The molecule has 6 nitrogen and oxygen atoms in total. The van der Waals surface area contributed by atoms with Crippen molar-refractivity contribution in [1.29, 1.82) is 0 Å². The van der Waals surface area contributed by atoms with Gasteiger partial charge in [0.05, 0.1) is 16.4 Å². The number of anilines is 1. The van der Waals surface area contributed by atoms with Crippen LogP contribution >= 0.6 is 11.6 Å². The first-order valence-corrected chi connectivity index (χ1v) is 11.5. The zero-order chi connectivity index (χ0) is 24.9. The Morgan fingerprint density at radius 1 is 1.03 bits per heavy atom. The first-order chi connectivity index (χ1) is 16.8. The van der Waals surface area contributed by atoms with E-state index in [1.54, 1.807) is 41.1 Å². The Morgan fingerprint density at radius 2 is 1.69 bits per heavy atom. The number of imidazole rings is 1. The summed E-state index contributed by atoms with van der Waals surface area (Å²) >= 11 is 6.00. The smallest absolute Gasteiger partial charge is 0.254 e. The van der Waals surface area contributed by atoms with Crippen LogP contribution in [-0.2, 0) is 4.79 Å². The average molecular weight is 491 g/mol. The fourth-order valence-electron chi connectivity index (χ4n) is 3.60. The zero-order valence-electron chi connectivity index (χ0n) is 19.3. The van der Waals surface area contributed by atoms with E-state index in [0.717, 1.165) is 5.56 Å². The van der Waals surface area contributed by atoms with Gasteiger partial charge in [0.25, 0.3) is 5.91 Å². The lowest BCUT2D eigenvalue weighted by Gasteiger charge is -2.26. The summed E-state index contributed by atoms with van der Waals surface area (Å²) < 4.78 is 15.4. The first kappa shape index (κ1) is 24.2. The second kappa shape index (κ2) is 10.5. The van der Waals surface area contributed by atoms with Gasteiger partial charge in [0.2, 0.25) is 11.9 Å². The molecular weight excluding hydrogens is 467 g/mol. The monoisotopic (exact) mass is 490 g/mol. The second-order valence-electron chi connectivity index (χ2n) is 8.23. The molecule has 1 heterocycles. The van der Waals surface area contributed by atoms with Crippen LogP contribution in [0.3, 0.4) is 0 Å². The fourth-order valence-corrected chi connectivity index (χ4v) is 3.78. The third-order valence-corrected chi connectivity index (χ3v) is 5.72. The van der Waals surface area contributed by atoms with Crippen LogP contribution in [0.2, 0.25) is 5.02 Å². The maximum absolute atomic E-state index is 13.8. The van der Waals surface area contributed by atoms with Crippen LogP contribution in [0.25, 0.3) is 16.9 Å². The average Bonchev–Trinajstić information content (AvgIpc) is 3.28. The summed E-state index contributed by atoms with van der Waals surface area (Å²) in [6, 6.07) is 22.3. The summed E-state index contributed by atoms with van der Waals surface area (Å²) in [7, 11) is 0. The van der Waals surface area contributed by atoms with Crippen molar-refractivity contribution >= 4 is 29.4 Å². The number of hydrogen-bond acceptors (Lipinski definition) is 3. The number of halogens is 2. The highest BCUT2D eigenvalue weighted by atomic mass is 35.5. The molecule has 0 radical (unpaired) electrons. The molecule has 0 atom stereocenters. The number of amides is 2. The fraction of sp³-hybridized carbons (Fsp3) is 0.148. The highest BCUT2D eigenvalue weighted by Gasteiger charge is 2.23. The Hall–Kier alpha value is -3.97. The Morgan fingerprint density at radius 3 is 2.31 bits per heavy atom. The predicted molar refractivity (Wildman–Crippen MR) is 135 cm³/mol. The number of nitrogens with zero attached hydrogens (tertiary/aromatic N) is 3. The summed E-state index contributed by atoms with van der Waals surface area (Å²) in [6.45, 7) is 3.54. The van der Waals surface area contributed by atoms with Gasteiger partial charge in [-0.05, 0) is 44.2 Å². The van der Waals surface area contributed by atoms with Gasteiger partial charge >= 0.3 is 0 Å². The van der Waals surface area contributed by atoms with E-state index in [-0.39, 0.29) is 29.5 Å². The molecule has 4 aromatic rings. The quantitative estimate of drug-likeness (QED) is 0.355. The SMILES string of the molecule is CC(C)N(CC(=O)Nc1nc(-c2ccccc2)cn1-c1ccc(F)c(Cl)c1)C(=O)c1ccccc1. The zero-order valence-corrected chi connectivity index (χ0v) is 20.0. The summed E-state index contributed by atoms with van der Waals surface area (Å²) in [4.78, 5) is 32.2. The Balaban J connectivity index is 1.64. The number of nitrogens with one attached hydrogen (secondary N) is 1. The molecular formula is C27H24ClFN4O2. The van der Waals surface area contributed by atoms with Gasteiger partial charge in [-0.3, -0.25) is 19.5 Å². The minimum atomic E-state index is -0.545. The van der Waals surface area contributed by atoms with Crippen LogP contribution in [-0.4, -0.2) is 38.9 Å². The molecule has 0 aliphatic heterocycles. The molecule has 35 heavy (non-hydrogen) atoms. The highest BCUT2D eigenvalue weighted by molar-refractivity contribution is 6.30. The molecule has 8 heteroatoms. The van der Waals surface area contributed by atoms with E-state index in [1.165, 1.54) is 17.0 Å². The van der Waals surface area contributed by atoms with E-state index in [0.29, 0.717) is 16.9 Å². The first-order valence-electron chi connectivity index (χ1n) is 11.1. The molecule has 0 aliphatic rings. The van der Waals surface area contributed by atoms with Gasteiger partial charge in [0.15, 0.2) is 0 Å². The van der Waals surface area contributed by atoms with E-state index >= 15 is 0 Å². The van der Waals surface area contributed by atoms with E-state index in [4.69, 9.17) is 11.6 Å². The Labute approximate surface area is 208 Å². The van der Waals surface area contributed by atoms with Crippen LogP contribution in [0.1, 0.15) is 24.2 Å². The number of hydrogen-bond donors (Lipinski definition) is 1. The summed E-state index contributed by atoms with van der Waals surface area (Å²) in [6.07, 6.45) is 1.74. The summed E-state index contributed by atoms with van der Waals surface area (Å²) in [5, 5.41) is 2.76. The number of carbonyl (C=O) groups excluding carboxylic acids is 2. The van der Waals surface area contributed by atoms with Crippen LogP contribution in [0.5, 0.6) is 0 Å². The van der Waals surface area contributed by atoms with Crippen LogP contribution in [0.4, 0.5) is 10.3 Å². The molecule has 0 fully saturated rings. The third-order valence-electron chi connectivity index (χ3n) is 5.43. The molecule has 0 unspecified atom stereocenters. The molecule has 4 rings (SSSR count). The molecule has 178 valence electrons. The third kappa shape index (κ3) is 5.58. The molecule has 0 spiro atoms. The molecule has 1 N–H and O–H groups in total. The van der Waals surface area contributed by atoms with Crippen molar-refractivity contribution in [3.63, 3.8) is 0 Å². The predicted octanol–water partition coefficient (Wildman–Crippen LogP) is 5.82. The van der Waals surface area contributed by atoms with Crippen molar-refractivity contribution < 1.29 is 14.0 Å². The maximum atomic E-state index is 13.8. The van der Waals surface area contributed by atoms with Crippen LogP contribution < -0.4 is 5.32 Å². The van der Waals surface area contributed by atoms with Crippen molar-refractivity contribution in [2.45, 2.75) is 19.9 Å². The lowest BCUT2D eigenvalue weighted by atomic mass is 10.1. The van der Waals surface area contributed by atoms with Gasteiger partial charge in [-0.15, -0.1) is 0 Å². The van der Waals surface area contributed by atoms with E-state index < -0.39 is 11.7 Å². The Bertz CT molecular complexity index is 1340. The maximum Gasteiger partial charge on any atom is 0.254 e. The molecule has 0 aliphatic carbocycles. The van der Waals surface area contributed by atoms with Crippen molar-refractivity contribution in [3.8, 4) is 16.9 Å². The standard InChI is InChI=1S/C27H24ClFN4O2/c1-18(2)32(26(35)20-11-7-4-8-12-20)17-25(34)31-27-30-24(19-9-5-3-6-10-19)16-33(27)21-13-14-23(29)22(28)15-21/h3-16,18H,17H2,1-2H3,(H,30,31,34).